The number of ether oxygens (including phenoxy) is 1. The molecule has 9 heteroatoms. The third-order valence-electron chi connectivity index (χ3n) is 3.92. The van der Waals surface area contributed by atoms with E-state index in [9.17, 15) is 14.5 Å². The number of hydrogen-bond donors (Lipinski definition) is 1. The summed E-state index contributed by atoms with van der Waals surface area (Å²) in [4.78, 5) is 18.7. The average molecular weight is 447 g/mol. The first-order chi connectivity index (χ1) is 13.3. The molecule has 0 amide bonds. The van der Waals surface area contributed by atoms with Gasteiger partial charge in [0.15, 0.2) is 0 Å². The molecule has 0 aliphatic heterocycles. The molecule has 1 heterocycles. The zero-order valence-corrected chi connectivity index (χ0v) is 16.6. The molecule has 0 bridgehead atoms. The maximum Gasteiger partial charge on any atom is 0.373 e. The maximum atomic E-state index is 14.1. The van der Waals surface area contributed by atoms with E-state index in [1.807, 2.05) is 12.1 Å². The molecule has 0 unspecified atom stereocenters. The fourth-order valence-corrected chi connectivity index (χ4v) is 2.78. The quantitative estimate of drug-likeness (QED) is 0.371. The van der Waals surface area contributed by atoms with Crippen LogP contribution in [0.1, 0.15) is 25.3 Å². The van der Waals surface area contributed by atoms with Crippen LogP contribution in [0.2, 0.25) is 0 Å². The predicted molar refractivity (Wildman–Crippen MR) is 107 cm³/mol. The van der Waals surface area contributed by atoms with Crippen molar-refractivity contribution in [1.82, 2.24) is 9.97 Å². The fourth-order valence-electron chi connectivity index (χ4n) is 2.44. The standard InChI is InChI=1S/C19H16BrFN4O3/c1-11(2)12-3-6-14(7-4-12)28-19-17(25(26)27)18(22-10-23-19)24-16-8-5-13(20)9-15(16)21/h3-11H,1-2H3,(H,22,23,24). The van der Waals surface area contributed by atoms with Gasteiger partial charge in [-0.2, -0.15) is 4.98 Å². The minimum absolute atomic E-state index is 0.0391. The lowest BCUT2D eigenvalue weighted by Gasteiger charge is -2.11. The van der Waals surface area contributed by atoms with Crippen LogP contribution < -0.4 is 10.1 Å². The van der Waals surface area contributed by atoms with E-state index in [-0.39, 0.29) is 17.4 Å². The van der Waals surface area contributed by atoms with Gasteiger partial charge in [-0.3, -0.25) is 10.1 Å². The van der Waals surface area contributed by atoms with Crippen molar-refractivity contribution in [2.75, 3.05) is 5.32 Å². The van der Waals surface area contributed by atoms with Gasteiger partial charge in [0.05, 0.1) is 10.6 Å². The van der Waals surface area contributed by atoms with E-state index in [0.717, 1.165) is 11.9 Å². The number of nitro groups is 1. The van der Waals surface area contributed by atoms with Gasteiger partial charge in [-0.05, 0) is 41.8 Å². The lowest BCUT2D eigenvalue weighted by molar-refractivity contribution is -0.385. The van der Waals surface area contributed by atoms with Crippen LogP contribution in [0.5, 0.6) is 11.6 Å². The van der Waals surface area contributed by atoms with Gasteiger partial charge in [0, 0.05) is 4.47 Å². The normalized spacial score (nSPS) is 10.8. The summed E-state index contributed by atoms with van der Waals surface area (Å²) in [5.74, 6) is -0.257. The Morgan fingerprint density at radius 1 is 1.18 bits per heavy atom. The number of benzene rings is 2. The first-order valence-electron chi connectivity index (χ1n) is 8.34. The van der Waals surface area contributed by atoms with E-state index in [1.165, 1.54) is 12.1 Å². The predicted octanol–water partition coefficient (Wildman–Crippen LogP) is 5.95. The molecule has 0 radical (unpaired) electrons. The van der Waals surface area contributed by atoms with Crippen molar-refractivity contribution in [3.8, 4) is 11.6 Å². The lowest BCUT2D eigenvalue weighted by Crippen LogP contribution is -2.04. The zero-order valence-electron chi connectivity index (χ0n) is 15.0. The summed E-state index contributed by atoms with van der Waals surface area (Å²) < 4.78 is 20.2. The molecule has 1 N–H and O–H groups in total. The summed E-state index contributed by atoms with van der Waals surface area (Å²) in [6.07, 6.45) is 1.11. The molecule has 3 aromatic rings. The van der Waals surface area contributed by atoms with Crippen LogP contribution in [0.4, 0.5) is 21.6 Å². The summed E-state index contributed by atoms with van der Waals surface area (Å²) in [7, 11) is 0. The molecule has 3 rings (SSSR count). The van der Waals surface area contributed by atoms with Crippen molar-refractivity contribution in [1.29, 1.82) is 0 Å². The van der Waals surface area contributed by atoms with E-state index in [0.29, 0.717) is 16.1 Å². The second-order valence-electron chi connectivity index (χ2n) is 6.21. The van der Waals surface area contributed by atoms with Crippen molar-refractivity contribution >= 4 is 33.1 Å². The second kappa shape index (κ2) is 8.30. The second-order valence-corrected chi connectivity index (χ2v) is 7.12. The van der Waals surface area contributed by atoms with Gasteiger partial charge in [-0.1, -0.05) is 41.9 Å². The van der Waals surface area contributed by atoms with Crippen LogP contribution in [-0.2, 0) is 0 Å². The third kappa shape index (κ3) is 4.42. The van der Waals surface area contributed by atoms with Crippen LogP contribution >= 0.6 is 15.9 Å². The van der Waals surface area contributed by atoms with Gasteiger partial charge in [0.1, 0.15) is 17.9 Å². The molecule has 0 aliphatic rings. The van der Waals surface area contributed by atoms with E-state index in [1.54, 1.807) is 18.2 Å². The third-order valence-corrected chi connectivity index (χ3v) is 4.41. The molecular formula is C19H16BrFN4O3. The number of rotatable bonds is 6. The molecule has 0 spiro atoms. The monoisotopic (exact) mass is 446 g/mol. The molecule has 0 fully saturated rings. The SMILES string of the molecule is CC(C)c1ccc(Oc2ncnc(Nc3ccc(Br)cc3F)c2[N+](=O)[O-])cc1. The summed E-state index contributed by atoms with van der Waals surface area (Å²) in [5, 5.41) is 14.2. The first-order valence-corrected chi connectivity index (χ1v) is 9.13. The van der Waals surface area contributed by atoms with Crippen LogP contribution in [0, 0.1) is 15.9 Å². The Morgan fingerprint density at radius 2 is 1.89 bits per heavy atom. The molecule has 0 saturated carbocycles. The van der Waals surface area contributed by atoms with Crippen LogP contribution in [0.3, 0.4) is 0 Å². The van der Waals surface area contributed by atoms with Crippen molar-refractivity contribution in [2.45, 2.75) is 19.8 Å². The van der Waals surface area contributed by atoms with E-state index < -0.39 is 16.4 Å². The van der Waals surface area contributed by atoms with Gasteiger partial charge in [0.25, 0.3) is 0 Å². The minimum atomic E-state index is -0.670. The fraction of sp³-hybridized carbons (Fsp3) is 0.158. The summed E-state index contributed by atoms with van der Waals surface area (Å²) >= 11 is 3.16. The smallest absolute Gasteiger partial charge is 0.373 e. The van der Waals surface area contributed by atoms with Crippen molar-refractivity contribution in [3.63, 3.8) is 0 Å². The largest absolute Gasteiger partial charge is 0.434 e. The van der Waals surface area contributed by atoms with Crippen molar-refractivity contribution < 1.29 is 14.1 Å². The number of nitrogens with one attached hydrogen (secondary N) is 1. The van der Waals surface area contributed by atoms with E-state index in [2.05, 4.69) is 45.1 Å². The van der Waals surface area contributed by atoms with E-state index >= 15 is 0 Å². The molecule has 28 heavy (non-hydrogen) atoms. The van der Waals surface area contributed by atoms with Gasteiger partial charge in [-0.25, -0.2) is 9.37 Å². The highest BCUT2D eigenvalue weighted by Crippen LogP contribution is 2.36. The zero-order chi connectivity index (χ0) is 20.3. The van der Waals surface area contributed by atoms with Gasteiger partial charge >= 0.3 is 11.6 Å². The highest BCUT2D eigenvalue weighted by atomic mass is 79.9. The Kier molecular flexibility index (Phi) is 5.84. The molecular weight excluding hydrogens is 431 g/mol. The summed E-state index contributed by atoms with van der Waals surface area (Å²) in [5.41, 5.74) is 0.660. The van der Waals surface area contributed by atoms with Crippen LogP contribution in [0.25, 0.3) is 0 Å². The highest BCUT2D eigenvalue weighted by Gasteiger charge is 2.26. The molecule has 2 aromatic carbocycles. The van der Waals surface area contributed by atoms with Gasteiger partial charge < -0.3 is 10.1 Å². The molecule has 0 atom stereocenters. The number of hydrogen-bond acceptors (Lipinski definition) is 6. The Labute approximate surface area is 168 Å². The van der Waals surface area contributed by atoms with Crippen molar-refractivity contribution in [2.24, 2.45) is 0 Å². The Hall–Kier alpha value is -3.07. The van der Waals surface area contributed by atoms with Crippen LogP contribution in [-0.4, -0.2) is 14.9 Å². The molecule has 0 saturated heterocycles. The Balaban J connectivity index is 1.94. The van der Waals surface area contributed by atoms with Crippen molar-refractivity contribution in [3.05, 3.63) is 74.8 Å². The Bertz CT molecular complexity index is 1010. The minimum Gasteiger partial charge on any atom is -0.434 e. The number of halogens is 2. The summed E-state index contributed by atoms with van der Waals surface area (Å²) in [6, 6.07) is 11.5. The molecule has 1 aromatic heterocycles. The van der Waals surface area contributed by atoms with Crippen LogP contribution in [0.15, 0.2) is 53.3 Å². The lowest BCUT2D eigenvalue weighted by atomic mass is 10.0. The highest BCUT2D eigenvalue weighted by molar-refractivity contribution is 9.10. The Morgan fingerprint density at radius 3 is 2.50 bits per heavy atom. The van der Waals surface area contributed by atoms with Gasteiger partial charge in [0.2, 0.25) is 5.82 Å². The first kappa shape index (κ1) is 19.7. The summed E-state index contributed by atoms with van der Waals surface area (Å²) in [6.45, 7) is 4.12. The maximum absolute atomic E-state index is 14.1. The molecule has 0 aliphatic carbocycles. The topological polar surface area (TPSA) is 90.2 Å². The number of aromatic nitrogens is 2. The average Bonchev–Trinajstić information content (AvgIpc) is 2.64. The van der Waals surface area contributed by atoms with Gasteiger partial charge in [-0.15, -0.1) is 0 Å². The molecule has 7 nitrogen and oxygen atoms in total. The van der Waals surface area contributed by atoms with E-state index in [4.69, 9.17) is 4.74 Å². The number of nitrogens with zero attached hydrogens (tertiary/aromatic N) is 3. The number of anilines is 2. The molecule has 144 valence electrons.